The Labute approximate surface area is 126 Å². The molecule has 0 aliphatic heterocycles. The molecule has 0 spiro atoms. The summed E-state index contributed by atoms with van der Waals surface area (Å²) in [6.07, 6.45) is 2.08. The average molecular weight is 285 g/mol. The third-order valence-corrected chi connectivity index (χ3v) is 3.66. The van der Waals surface area contributed by atoms with Gasteiger partial charge in [-0.2, -0.15) is 0 Å². The highest BCUT2D eigenvalue weighted by Crippen LogP contribution is 2.16. The van der Waals surface area contributed by atoms with Gasteiger partial charge in [0.1, 0.15) is 11.5 Å². The molecular weight excluding hydrogens is 262 g/mol. The van der Waals surface area contributed by atoms with Gasteiger partial charge in [0.15, 0.2) is 0 Å². The van der Waals surface area contributed by atoms with E-state index in [0.717, 1.165) is 24.2 Å². The van der Waals surface area contributed by atoms with Crippen LogP contribution in [-0.4, -0.2) is 18.3 Å². The Balaban J connectivity index is 1.76. The highest BCUT2D eigenvalue weighted by atomic mass is 16.5. The van der Waals surface area contributed by atoms with Gasteiger partial charge in [-0.15, -0.1) is 0 Å². The van der Waals surface area contributed by atoms with Crippen LogP contribution >= 0.6 is 0 Å². The number of phenols is 1. The van der Waals surface area contributed by atoms with Gasteiger partial charge in [0.2, 0.25) is 0 Å². The molecule has 2 aromatic carbocycles. The summed E-state index contributed by atoms with van der Waals surface area (Å²) in [7, 11) is 1.68. The largest absolute Gasteiger partial charge is 0.508 e. The van der Waals surface area contributed by atoms with Crippen LogP contribution in [0, 0.1) is 0 Å². The maximum Gasteiger partial charge on any atom is 0.120 e. The minimum absolute atomic E-state index is 0.354. The first-order valence-electron chi connectivity index (χ1n) is 7.32. The Morgan fingerprint density at radius 1 is 1.10 bits per heavy atom. The molecule has 0 fully saturated rings. The first kappa shape index (κ1) is 15.4. The number of ether oxygens (including phenoxy) is 1. The monoisotopic (exact) mass is 285 g/mol. The lowest BCUT2D eigenvalue weighted by atomic mass is 10.1. The molecule has 3 nitrogen and oxygen atoms in total. The van der Waals surface area contributed by atoms with Crippen LogP contribution in [0.15, 0.2) is 48.5 Å². The van der Waals surface area contributed by atoms with Crippen molar-refractivity contribution in [2.75, 3.05) is 7.11 Å². The lowest BCUT2D eigenvalue weighted by Gasteiger charge is -2.14. The van der Waals surface area contributed by atoms with Gasteiger partial charge in [0.25, 0.3) is 0 Å². The van der Waals surface area contributed by atoms with E-state index in [1.807, 2.05) is 30.3 Å². The van der Waals surface area contributed by atoms with Crippen LogP contribution < -0.4 is 10.1 Å². The molecule has 0 amide bonds. The minimum atomic E-state index is 0.354. The summed E-state index contributed by atoms with van der Waals surface area (Å²) in [4.78, 5) is 0. The molecule has 0 saturated carbocycles. The third kappa shape index (κ3) is 4.80. The molecule has 0 saturated heterocycles. The molecule has 2 N–H and O–H groups in total. The maximum atomic E-state index is 9.73. The number of para-hydroxylation sites is 1. The van der Waals surface area contributed by atoms with E-state index >= 15 is 0 Å². The van der Waals surface area contributed by atoms with Crippen LogP contribution in [0.5, 0.6) is 11.5 Å². The smallest absolute Gasteiger partial charge is 0.120 e. The van der Waals surface area contributed by atoms with Crippen LogP contribution in [0.4, 0.5) is 0 Å². The van der Waals surface area contributed by atoms with E-state index in [1.165, 1.54) is 5.56 Å². The summed E-state index contributed by atoms with van der Waals surface area (Å²) < 4.78 is 5.16. The Morgan fingerprint density at radius 2 is 1.81 bits per heavy atom. The Bertz CT molecular complexity index is 551. The van der Waals surface area contributed by atoms with Gasteiger partial charge in [0.05, 0.1) is 7.11 Å². The van der Waals surface area contributed by atoms with E-state index < -0.39 is 0 Å². The molecule has 2 aromatic rings. The average Bonchev–Trinajstić information content (AvgIpc) is 2.52. The highest BCUT2D eigenvalue weighted by molar-refractivity contribution is 5.31. The first-order chi connectivity index (χ1) is 10.2. The summed E-state index contributed by atoms with van der Waals surface area (Å²) in [5.74, 6) is 1.25. The molecule has 112 valence electrons. The van der Waals surface area contributed by atoms with Crippen molar-refractivity contribution in [2.45, 2.75) is 32.4 Å². The summed E-state index contributed by atoms with van der Waals surface area (Å²) in [6.45, 7) is 2.86. The van der Waals surface area contributed by atoms with Crippen molar-refractivity contribution < 1.29 is 9.84 Å². The zero-order valence-corrected chi connectivity index (χ0v) is 12.7. The number of hydrogen-bond acceptors (Lipinski definition) is 3. The fourth-order valence-corrected chi connectivity index (χ4v) is 2.22. The number of hydrogen-bond donors (Lipinski definition) is 2. The molecular formula is C18H23NO2. The van der Waals surface area contributed by atoms with Gasteiger partial charge < -0.3 is 15.2 Å². The molecule has 0 aliphatic carbocycles. The Hall–Kier alpha value is -2.00. The third-order valence-electron chi connectivity index (χ3n) is 3.66. The van der Waals surface area contributed by atoms with Gasteiger partial charge >= 0.3 is 0 Å². The van der Waals surface area contributed by atoms with Gasteiger partial charge in [-0.25, -0.2) is 0 Å². The summed E-state index contributed by atoms with van der Waals surface area (Å²) in [5, 5.41) is 13.2. The van der Waals surface area contributed by atoms with Gasteiger partial charge in [-0.1, -0.05) is 30.3 Å². The lowest BCUT2D eigenvalue weighted by molar-refractivity contribution is 0.414. The quantitative estimate of drug-likeness (QED) is 0.818. The van der Waals surface area contributed by atoms with Crippen molar-refractivity contribution in [3.63, 3.8) is 0 Å². The number of methoxy groups -OCH3 is 1. The van der Waals surface area contributed by atoms with Crippen molar-refractivity contribution in [1.82, 2.24) is 5.32 Å². The molecule has 0 bridgehead atoms. The zero-order chi connectivity index (χ0) is 15.1. The van der Waals surface area contributed by atoms with Crippen molar-refractivity contribution >= 4 is 0 Å². The molecule has 3 heteroatoms. The molecule has 0 aliphatic rings. The van der Waals surface area contributed by atoms with Crippen molar-refractivity contribution in [2.24, 2.45) is 0 Å². The van der Waals surface area contributed by atoms with E-state index in [2.05, 4.69) is 24.4 Å². The van der Waals surface area contributed by atoms with E-state index in [0.29, 0.717) is 18.3 Å². The Morgan fingerprint density at radius 3 is 2.48 bits per heavy atom. The second kappa shape index (κ2) is 7.70. The van der Waals surface area contributed by atoms with Gasteiger partial charge in [-0.3, -0.25) is 0 Å². The fraction of sp³-hybridized carbons (Fsp3) is 0.333. The standard InChI is InChI=1S/C18H23NO2/c1-14(19-13-16-5-3-4-6-18(16)20)7-8-15-9-11-17(21-2)12-10-15/h3-6,9-12,14,19-20H,7-8,13H2,1-2H3. The predicted octanol–water partition coefficient (Wildman–Crippen LogP) is 3.51. The summed E-state index contributed by atoms with van der Waals surface area (Å²) >= 11 is 0. The van der Waals surface area contributed by atoms with E-state index in [9.17, 15) is 5.11 Å². The molecule has 0 aromatic heterocycles. The summed E-state index contributed by atoms with van der Waals surface area (Å²) in [6, 6.07) is 16.0. The van der Waals surface area contributed by atoms with Gasteiger partial charge in [0, 0.05) is 18.2 Å². The van der Waals surface area contributed by atoms with Crippen LogP contribution in [0.1, 0.15) is 24.5 Å². The van der Waals surface area contributed by atoms with Gasteiger partial charge in [-0.05, 0) is 43.5 Å². The minimum Gasteiger partial charge on any atom is -0.508 e. The fourth-order valence-electron chi connectivity index (χ4n) is 2.22. The molecule has 21 heavy (non-hydrogen) atoms. The maximum absolute atomic E-state index is 9.73. The number of aromatic hydroxyl groups is 1. The van der Waals surface area contributed by atoms with Crippen molar-refractivity contribution in [3.05, 3.63) is 59.7 Å². The number of nitrogens with one attached hydrogen (secondary N) is 1. The number of benzene rings is 2. The zero-order valence-electron chi connectivity index (χ0n) is 12.7. The molecule has 1 atom stereocenters. The summed E-state index contributed by atoms with van der Waals surface area (Å²) in [5.41, 5.74) is 2.25. The van der Waals surface area contributed by atoms with Crippen LogP contribution in [-0.2, 0) is 13.0 Å². The molecule has 0 radical (unpaired) electrons. The van der Waals surface area contributed by atoms with Crippen molar-refractivity contribution in [3.8, 4) is 11.5 Å². The first-order valence-corrected chi connectivity index (χ1v) is 7.32. The van der Waals surface area contributed by atoms with Crippen molar-refractivity contribution in [1.29, 1.82) is 0 Å². The number of rotatable bonds is 7. The van der Waals surface area contributed by atoms with E-state index in [-0.39, 0.29) is 0 Å². The lowest BCUT2D eigenvalue weighted by Crippen LogP contribution is -2.25. The second-order valence-corrected chi connectivity index (χ2v) is 5.30. The van der Waals surface area contributed by atoms with Crippen LogP contribution in [0.25, 0.3) is 0 Å². The molecule has 1 unspecified atom stereocenters. The number of aryl methyl sites for hydroxylation is 1. The Kier molecular flexibility index (Phi) is 5.64. The van der Waals surface area contributed by atoms with Crippen LogP contribution in [0.3, 0.4) is 0 Å². The van der Waals surface area contributed by atoms with Crippen LogP contribution in [0.2, 0.25) is 0 Å². The van der Waals surface area contributed by atoms with E-state index in [1.54, 1.807) is 13.2 Å². The topological polar surface area (TPSA) is 41.5 Å². The molecule has 0 heterocycles. The second-order valence-electron chi connectivity index (χ2n) is 5.30. The normalized spacial score (nSPS) is 12.1. The van der Waals surface area contributed by atoms with E-state index in [4.69, 9.17) is 4.74 Å². The predicted molar refractivity (Wildman–Crippen MR) is 85.7 cm³/mol. The SMILES string of the molecule is COc1ccc(CCC(C)NCc2ccccc2O)cc1. The molecule has 2 rings (SSSR count). The highest BCUT2D eigenvalue weighted by Gasteiger charge is 2.05. The number of phenolic OH excluding ortho intramolecular Hbond substituents is 1.